The van der Waals surface area contributed by atoms with E-state index in [-0.39, 0.29) is 11.2 Å². The monoisotopic (exact) mass is 221 g/mol. The van der Waals surface area contributed by atoms with Gasteiger partial charge in [-0.2, -0.15) is 0 Å². The van der Waals surface area contributed by atoms with Crippen LogP contribution in [0.1, 0.15) is 32.8 Å². The van der Waals surface area contributed by atoms with E-state index in [9.17, 15) is 4.39 Å². The Bertz CT molecular complexity index is 358. The van der Waals surface area contributed by atoms with E-state index in [1.165, 1.54) is 12.0 Å². The largest absolute Gasteiger partial charge is 0.314 e. The molecule has 0 amide bonds. The lowest BCUT2D eigenvalue weighted by Gasteiger charge is -2.13. The molecule has 2 unspecified atom stereocenters. The summed E-state index contributed by atoms with van der Waals surface area (Å²) in [5.41, 5.74) is 1.53. The maximum atomic E-state index is 12.8. The molecule has 1 aliphatic rings. The third-order valence-electron chi connectivity index (χ3n) is 3.69. The van der Waals surface area contributed by atoms with Crippen LogP contribution in [0, 0.1) is 11.7 Å². The molecule has 1 nitrogen and oxygen atoms in total. The summed E-state index contributed by atoms with van der Waals surface area (Å²) in [5, 5.41) is 3.47. The van der Waals surface area contributed by atoms with Gasteiger partial charge in [-0.25, -0.2) is 4.39 Å². The number of hydrogen-bond acceptors (Lipinski definition) is 1. The summed E-state index contributed by atoms with van der Waals surface area (Å²) >= 11 is 0. The molecule has 1 aromatic carbocycles. The van der Waals surface area contributed by atoms with Gasteiger partial charge in [-0.1, -0.05) is 32.9 Å². The molecule has 2 heteroatoms. The lowest BCUT2D eigenvalue weighted by molar-refractivity contribution is 0.527. The minimum Gasteiger partial charge on any atom is -0.314 e. The van der Waals surface area contributed by atoms with E-state index < -0.39 is 0 Å². The van der Waals surface area contributed by atoms with Crippen molar-refractivity contribution < 1.29 is 4.39 Å². The first-order valence-corrected chi connectivity index (χ1v) is 6.02. The van der Waals surface area contributed by atoms with Gasteiger partial charge in [0.2, 0.25) is 0 Å². The predicted molar refractivity (Wildman–Crippen MR) is 65.0 cm³/mol. The van der Waals surface area contributed by atoms with E-state index in [4.69, 9.17) is 0 Å². The molecule has 0 aromatic heterocycles. The Kier molecular flexibility index (Phi) is 3.02. The SMILES string of the molecule is CC(C)NCC1CC1(C)c1ccc(F)cc1. The Morgan fingerprint density at radius 2 is 2.00 bits per heavy atom. The molecule has 0 heterocycles. The maximum absolute atomic E-state index is 12.8. The topological polar surface area (TPSA) is 12.0 Å². The first-order valence-electron chi connectivity index (χ1n) is 6.02. The van der Waals surface area contributed by atoms with Gasteiger partial charge in [-0.05, 0) is 42.0 Å². The van der Waals surface area contributed by atoms with Crippen LogP contribution < -0.4 is 5.32 Å². The molecule has 2 atom stereocenters. The normalized spacial score (nSPS) is 28.4. The first-order chi connectivity index (χ1) is 7.52. The summed E-state index contributed by atoms with van der Waals surface area (Å²) in [4.78, 5) is 0. The molecule has 16 heavy (non-hydrogen) atoms. The van der Waals surface area contributed by atoms with Crippen molar-refractivity contribution in [2.75, 3.05) is 6.54 Å². The Morgan fingerprint density at radius 1 is 1.38 bits per heavy atom. The Balaban J connectivity index is 1.98. The average Bonchev–Trinajstić information content (AvgIpc) is 2.89. The summed E-state index contributed by atoms with van der Waals surface area (Å²) in [6, 6.07) is 7.51. The first kappa shape index (κ1) is 11.6. The summed E-state index contributed by atoms with van der Waals surface area (Å²) in [6.07, 6.45) is 1.21. The second-order valence-corrected chi connectivity index (χ2v) is 5.39. The average molecular weight is 221 g/mol. The standard InChI is InChI=1S/C14H20FN/c1-10(2)16-9-12-8-14(12,3)11-4-6-13(15)7-5-11/h4-7,10,12,16H,8-9H2,1-3H3. The highest BCUT2D eigenvalue weighted by Crippen LogP contribution is 2.53. The van der Waals surface area contributed by atoms with Crippen molar-refractivity contribution >= 4 is 0 Å². The van der Waals surface area contributed by atoms with Gasteiger partial charge in [0.15, 0.2) is 0 Å². The molecule has 0 saturated heterocycles. The molecule has 1 N–H and O–H groups in total. The van der Waals surface area contributed by atoms with E-state index in [0.717, 1.165) is 6.54 Å². The molecule has 1 aliphatic carbocycles. The highest BCUT2D eigenvalue weighted by molar-refractivity contribution is 5.32. The van der Waals surface area contributed by atoms with Crippen molar-refractivity contribution in [1.82, 2.24) is 5.32 Å². The van der Waals surface area contributed by atoms with Crippen LogP contribution in [-0.2, 0) is 5.41 Å². The lowest BCUT2D eigenvalue weighted by Crippen LogP contribution is -2.26. The van der Waals surface area contributed by atoms with Gasteiger partial charge in [-0.3, -0.25) is 0 Å². The van der Waals surface area contributed by atoms with Crippen LogP contribution in [0.2, 0.25) is 0 Å². The predicted octanol–water partition coefficient (Wildman–Crippen LogP) is 3.10. The molecule has 1 aromatic rings. The summed E-state index contributed by atoms with van der Waals surface area (Å²) in [6.45, 7) is 7.66. The molecule has 0 radical (unpaired) electrons. The van der Waals surface area contributed by atoms with Gasteiger partial charge >= 0.3 is 0 Å². The van der Waals surface area contributed by atoms with Crippen molar-refractivity contribution in [3.63, 3.8) is 0 Å². The third kappa shape index (κ3) is 2.27. The minimum atomic E-state index is -0.148. The Morgan fingerprint density at radius 3 is 2.56 bits per heavy atom. The number of rotatable bonds is 4. The van der Waals surface area contributed by atoms with Crippen molar-refractivity contribution in [1.29, 1.82) is 0 Å². The van der Waals surface area contributed by atoms with Gasteiger partial charge in [0.25, 0.3) is 0 Å². The quantitative estimate of drug-likeness (QED) is 0.823. The molecule has 0 aliphatic heterocycles. The van der Waals surface area contributed by atoms with E-state index in [1.807, 2.05) is 12.1 Å². The highest BCUT2D eigenvalue weighted by Gasteiger charge is 2.50. The van der Waals surface area contributed by atoms with Crippen LogP contribution in [0.5, 0.6) is 0 Å². The number of hydrogen-bond donors (Lipinski definition) is 1. The molecule has 1 fully saturated rings. The van der Waals surface area contributed by atoms with E-state index in [2.05, 4.69) is 26.1 Å². The van der Waals surface area contributed by atoms with Gasteiger partial charge in [0.1, 0.15) is 5.82 Å². The molecule has 0 bridgehead atoms. The van der Waals surface area contributed by atoms with Crippen molar-refractivity contribution in [3.05, 3.63) is 35.6 Å². The fourth-order valence-corrected chi connectivity index (χ4v) is 2.31. The van der Waals surface area contributed by atoms with Crippen molar-refractivity contribution in [2.45, 2.75) is 38.6 Å². The number of halogens is 1. The van der Waals surface area contributed by atoms with Crippen LogP contribution in [0.4, 0.5) is 4.39 Å². The zero-order valence-electron chi connectivity index (χ0n) is 10.3. The highest BCUT2D eigenvalue weighted by atomic mass is 19.1. The second kappa shape index (κ2) is 4.17. The van der Waals surface area contributed by atoms with E-state index >= 15 is 0 Å². The number of benzene rings is 1. The van der Waals surface area contributed by atoms with Crippen molar-refractivity contribution in [3.8, 4) is 0 Å². The smallest absolute Gasteiger partial charge is 0.123 e. The van der Waals surface area contributed by atoms with Crippen LogP contribution in [-0.4, -0.2) is 12.6 Å². The fraction of sp³-hybridized carbons (Fsp3) is 0.571. The number of nitrogens with one attached hydrogen (secondary N) is 1. The summed E-state index contributed by atoms with van der Waals surface area (Å²) in [7, 11) is 0. The van der Waals surface area contributed by atoms with Gasteiger partial charge in [0.05, 0.1) is 0 Å². The Labute approximate surface area is 97.1 Å². The Hall–Kier alpha value is -0.890. The molecule has 2 rings (SSSR count). The summed E-state index contributed by atoms with van der Waals surface area (Å²) < 4.78 is 12.8. The van der Waals surface area contributed by atoms with E-state index in [1.54, 1.807) is 12.1 Å². The lowest BCUT2D eigenvalue weighted by atomic mass is 9.95. The molecular weight excluding hydrogens is 201 g/mol. The second-order valence-electron chi connectivity index (χ2n) is 5.39. The zero-order valence-corrected chi connectivity index (χ0v) is 10.3. The molecular formula is C14H20FN. The van der Waals surface area contributed by atoms with Gasteiger partial charge in [0, 0.05) is 6.04 Å². The van der Waals surface area contributed by atoms with Crippen LogP contribution >= 0.6 is 0 Å². The summed E-state index contributed by atoms with van der Waals surface area (Å²) in [5.74, 6) is 0.546. The molecule has 88 valence electrons. The minimum absolute atomic E-state index is 0.148. The zero-order chi connectivity index (χ0) is 11.8. The maximum Gasteiger partial charge on any atom is 0.123 e. The third-order valence-corrected chi connectivity index (χ3v) is 3.69. The van der Waals surface area contributed by atoms with E-state index in [0.29, 0.717) is 12.0 Å². The van der Waals surface area contributed by atoms with Crippen LogP contribution in [0.15, 0.2) is 24.3 Å². The van der Waals surface area contributed by atoms with Crippen LogP contribution in [0.25, 0.3) is 0 Å². The molecule has 1 saturated carbocycles. The van der Waals surface area contributed by atoms with Gasteiger partial charge < -0.3 is 5.32 Å². The van der Waals surface area contributed by atoms with Gasteiger partial charge in [-0.15, -0.1) is 0 Å². The van der Waals surface area contributed by atoms with Crippen molar-refractivity contribution in [2.24, 2.45) is 5.92 Å². The fourth-order valence-electron chi connectivity index (χ4n) is 2.31. The molecule has 0 spiro atoms. The van der Waals surface area contributed by atoms with Crippen LogP contribution in [0.3, 0.4) is 0 Å².